The fraction of sp³-hybridized carbons (Fsp3) is 0.568. The minimum absolute atomic E-state index is 0.000887. The van der Waals surface area contributed by atoms with Crippen molar-refractivity contribution in [3.8, 4) is 0 Å². The van der Waals surface area contributed by atoms with E-state index in [0.29, 0.717) is 49.4 Å². The summed E-state index contributed by atoms with van der Waals surface area (Å²) in [7, 11) is 1.75. The molecule has 1 saturated carbocycles. The molecule has 0 radical (unpaired) electrons. The van der Waals surface area contributed by atoms with Gasteiger partial charge in [-0.25, -0.2) is 23.1 Å². The number of imide groups is 1. The van der Waals surface area contributed by atoms with Crippen LogP contribution in [0.4, 0.5) is 20.3 Å². The Hall–Kier alpha value is -5.49. The van der Waals surface area contributed by atoms with Gasteiger partial charge < -0.3 is 19.9 Å². The molecule has 3 aliphatic heterocycles. The molecule has 0 bridgehead atoms. The molecule has 3 amide bonds. The highest BCUT2D eigenvalue weighted by Crippen LogP contribution is 2.36. The molecule has 330 valence electrons. The number of carbonyl (C=O) groups is 3. The van der Waals surface area contributed by atoms with Crippen LogP contribution in [0.2, 0.25) is 0 Å². The molecule has 0 spiro atoms. The highest BCUT2D eigenvalue weighted by atomic mass is 19.3. The lowest BCUT2D eigenvalue weighted by Crippen LogP contribution is -2.44. The zero-order chi connectivity index (χ0) is 43.1. The van der Waals surface area contributed by atoms with Gasteiger partial charge in [0.25, 0.3) is 12.3 Å². The minimum Gasteiger partial charge on any atom is -0.375 e. The van der Waals surface area contributed by atoms with Crippen molar-refractivity contribution in [3.05, 3.63) is 70.2 Å². The normalized spacial score (nSPS) is 23.1. The monoisotopic (exact) mass is 855 g/mol. The van der Waals surface area contributed by atoms with Gasteiger partial charge in [0, 0.05) is 45.5 Å². The van der Waals surface area contributed by atoms with Crippen LogP contribution >= 0.6 is 0 Å². The Kier molecular flexibility index (Phi) is 12.0. The summed E-state index contributed by atoms with van der Waals surface area (Å²) in [6, 6.07) is 7.02. The largest absolute Gasteiger partial charge is 0.375 e. The number of para-hydroxylation sites is 1. The number of aryl methyl sites for hydroxylation is 2. The van der Waals surface area contributed by atoms with Gasteiger partial charge in [0.15, 0.2) is 11.3 Å². The van der Waals surface area contributed by atoms with E-state index in [1.54, 1.807) is 33.3 Å². The Bertz CT molecular complexity index is 2510. The maximum atomic E-state index is 14.3. The van der Waals surface area contributed by atoms with E-state index in [9.17, 15) is 28.0 Å². The Morgan fingerprint density at radius 3 is 2.58 bits per heavy atom. The lowest BCUT2D eigenvalue weighted by Gasteiger charge is -2.36. The standard InChI is InChI=1S/C44H55F2N11O5/c1-27-24-54(21-22-62-27)36-17-20-55-41(49-36)32(23-47-55)42(59)48-33-26-56(51-38(33)40(45)46)31-11-9-29(10-12-31)25-53-18-15-28(16-19-53)5-3-6-30-7-4-8-34-39(30)52(2)44(61)57(34)35-13-14-37(58)50-43(35)60/h4,7-8,17,20,23,26-29,31,35,40H,3,5-6,9-16,18-19,21-22,24-25H2,1-2H3,(H,48,59)(H,50,58,60)/t27-,29-,31-,35?/m1/s1. The quantitative estimate of drug-likeness (QED) is 0.155. The van der Waals surface area contributed by atoms with Gasteiger partial charge >= 0.3 is 5.69 Å². The zero-order valence-corrected chi connectivity index (χ0v) is 35.3. The number of carbonyl (C=O) groups excluding carboxylic acids is 3. The van der Waals surface area contributed by atoms with Crippen molar-refractivity contribution in [1.29, 1.82) is 0 Å². The molecule has 7 heterocycles. The van der Waals surface area contributed by atoms with Crippen molar-refractivity contribution in [1.82, 2.24) is 43.7 Å². The molecular formula is C44H55F2N11O5. The highest BCUT2D eigenvalue weighted by molar-refractivity contribution is 6.08. The average molecular weight is 856 g/mol. The van der Waals surface area contributed by atoms with Gasteiger partial charge in [0.2, 0.25) is 11.8 Å². The molecule has 4 fully saturated rings. The number of imidazole rings is 1. The molecule has 2 N–H and O–H groups in total. The number of fused-ring (bicyclic) bond motifs is 2. The van der Waals surface area contributed by atoms with Crippen molar-refractivity contribution in [2.45, 2.75) is 102 Å². The second-order valence-corrected chi connectivity index (χ2v) is 17.7. The number of aromatic nitrogens is 7. The second kappa shape index (κ2) is 17.7. The number of morpholine rings is 1. The molecule has 3 saturated heterocycles. The van der Waals surface area contributed by atoms with Crippen molar-refractivity contribution >= 4 is 45.9 Å². The highest BCUT2D eigenvalue weighted by Gasteiger charge is 2.33. The number of nitrogens with zero attached hydrogens (tertiary/aromatic N) is 9. The summed E-state index contributed by atoms with van der Waals surface area (Å²) in [5.41, 5.74) is 2.52. The van der Waals surface area contributed by atoms with Crippen LogP contribution in [0.25, 0.3) is 16.7 Å². The molecule has 2 atom stereocenters. The third-order valence-electron chi connectivity index (χ3n) is 13.6. The molecule has 18 heteroatoms. The molecule has 4 aromatic heterocycles. The summed E-state index contributed by atoms with van der Waals surface area (Å²) < 4.78 is 40.6. The van der Waals surface area contributed by atoms with E-state index >= 15 is 0 Å². The molecule has 16 nitrogen and oxygen atoms in total. The fourth-order valence-corrected chi connectivity index (χ4v) is 10.2. The Labute approximate surface area is 357 Å². The van der Waals surface area contributed by atoms with Gasteiger partial charge in [-0.15, -0.1) is 0 Å². The number of hydrogen-bond donors (Lipinski definition) is 2. The summed E-state index contributed by atoms with van der Waals surface area (Å²) in [6.45, 7) is 7.05. The Morgan fingerprint density at radius 1 is 1.02 bits per heavy atom. The molecule has 1 aliphatic carbocycles. The number of likely N-dealkylation sites (tertiary alicyclic amines) is 1. The van der Waals surface area contributed by atoms with Crippen LogP contribution in [0.15, 0.2) is 47.7 Å². The van der Waals surface area contributed by atoms with Crippen LogP contribution in [0.1, 0.15) is 111 Å². The number of nitrogens with one attached hydrogen (secondary N) is 2. The smallest absolute Gasteiger partial charge is 0.329 e. The van der Waals surface area contributed by atoms with Crippen LogP contribution in [0.3, 0.4) is 0 Å². The first-order chi connectivity index (χ1) is 30.0. The lowest BCUT2D eigenvalue weighted by molar-refractivity contribution is -0.135. The summed E-state index contributed by atoms with van der Waals surface area (Å²) in [6.07, 6.45) is 11.3. The number of ether oxygens (including phenoxy) is 1. The van der Waals surface area contributed by atoms with E-state index in [1.165, 1.54) is 10.7 Å². The summed E-state index contributed by atoms with van der Waals surface area (Å²) in [5.74, 6) is 0.560. The number of alkyl halides is 2. The zero-order valence-electron chi connectivity index (χ0n) is 35.3. The Morgan fingerprint density at radius 2 is 1.82 bits per heavy atom. The molecule has 5 aromatic rings. The van der Waals surface area contributed by atoms with Gasteiger partial charge in [-0.3, -0.25) is 33.5 Å². The predicted molar refractivity (Wildman–Crippen MR) is 227 cm³/mol. The van der Waals surface area contributed by atoms with E-state index in [1.807, 2.05) is 25.1 Å². The van der Waals surface area contributed by atoms with Crippen LogP contribution in [-0.2, 0) is 27.8 Å². The maximum Gasteiger partial charge on any atom is 0.329 e. The molecule has 62 heavy (non-hydrogen) atoms. The average Bonchev–Trinajstić information content (AvgIpc) is 3.96. The van der Waals surface area contributed by atoms with Gasteiger partial charge in [-0.1, -0.05) is 18.6 Å². The van der Waals surface area contributed by atoms with E-state index in [2.05, 4.69) is 36.7 Å². The number of rotatable bonds is 12. The van der Waals surface area contributed by atoms with Crippen molar-refractivity contribution in [2.24, 2.45) is 18.9 Å². The number of anilines is 2. The number of benzene rings is 1. The summed E-state index contributed by atoms with van der Waals surface area (Å²) >= 11 is 0. The summed E-state index contributed by atoms with van der Waals surface area (Å²) in [5, 5.41) is 13.7. The van der Waals surface area contributed by atoms with Gasteiger partial charge in [-0.05, 0) is 107 Å². The first kappa shape index (κ1) is 41.8. The fourth-order valence-electron chi connectivity index (χ4n) is 10.2. The van der Waals surface area contributed by atoms with E-state index < -0.39 is 30.0 Å². The van der Waals surface area contributed by atoms with E-state index in [0.717, 1.165) is 94.0 Å². The third kappa shape index (κ3) is 8.50. The van der Waals surface area contributed by atoms with E-state index in [4.69, 9.17) is 9.72 Å². The van der Waals surface area contributed by atoms with Gasteiger partial charge in [-0.2, -0.15) is 10.2 Å². The van der Waals surface area contributed by atoms with Crippen LogP contribution in [0.5, 0.6) is 0 Å². The number of piperidine rings is 2. The molecule has 1 unspecified atom stereocenters. The Balaban J connectivity index is 0.749. The van der Waals surface area contributed by atoms with Crippen molar-refractivity contribution < 1.29 is 27.9 Å². The minimum atomic E-state index is -2.85. The first-order valence-electron chi connectivity index (χ1n) is 22.1. The third-order valence-corrected chi connectivity index (χ3v) is 13.6. The predicted octanol–water partition coefficient (Wildman–Crippen LogP) is 5.44. The lowest BCUT2D eigenvalue weighted by atomic mass is 9.84. The number of hydrogen-bond acceptors (Lipinski definition) is 10. The van der Waals surface area contributed by atoms with Crippen LogP contribution < -0.4 is 21.2 Å². The molecule has 9 rings (SSSR count). The van der Waals surface area contributed by atoms with Crippen LogP contribution in [0, 0.1) is 11.8 Å². The molecule has 4 aliphatic rings. The van der Waals surface area contributed by atoms with Crippen molar-refractivity contribution in [2.75, 3.05) is 49.5 Å². The number of halogens is 2. The van der Waals surface area contributed by atoms with Crippen molar-refractivity contribution in [3.63, 3.8) is 0 Å². The van der Waals surface area contributed by atoms with E-state index in [-0.39, 0.29) is 41.4 Å². The maximum absolute atomic E-state index is 14.3. The topological polar surface area (TPSA) is 166 Å². The second-order valence-electron chi connectivity index (χ2n) is 17.7. The van der Waals surface area contributed by atoms with Gasteiger partial charge in [0.1, 0.15) is 17.4 Å². The number of amides is 3. The van der Waals surface area contributed by atoms with Crippen LogP contribution in [-0.4, -0.2) is 102 Å². The first-order valence-corrected chi connectivity index (χ1v) is 22.1. The van der Waals surface area contributed by atoms with Gasteiger partial charge in [0.05, 0.1) is 41.7 Å². The SMILES string of the molecule is C[C@@H]1CN(c2ccn3ncc(C(=O)Nc4cn([C@H]5CC[C@H](CN6CCC(CCCc7cccc8c7n(C)c(=O)n8C7CCC(=O)NC7=O)CC6)CC5)nc4C(F)F)c3n2)CCO1. The molecule has 1 aromatic carbocycles. The molecular weight excluding hydrogens is 801 g/mol. The summed E-state index contributed by atoms with van der Waals surface area (Å²) in [4.78, 5) is 60.6.